The molecule has 30 heavy (non-hydrogen) atoms. The highest BCUT2D eigenvalue weighted by Gasteiger charge is 2.73. The van der Waals surface area contributed by atoms with Crippen LogP contribution < -0.4 is 0 Å². The molecule has 0 amide bonds. The van der Waals surface area contributed by atoms with Gasteiger partial charge in [0.25, 0.3) is 0 Å². The predicted octanol–water partition coefficient (Wildman–Crippen LogP) is 4.62. The van der Waals surface area contributed by atoms with Crippen molar-refractivity contribution in [2.24, 2.45) is 40.4 Å². The highest BCUT2D eigenvalue weighted by Crippen LogP contribution is 2.73. The molecule has 6 rings (SSSR count). The molecule has 5 heteroatoms. The quantitative estimate of drug-likeness (QED) is 0.584. The summed E-state index contributed by atoms with van der Waals surface area (Å²) in [5.74, 6) is 2.48. The van der Waals surface area contributed by atoms with Crippen LogP contribution in [0.1, 0.15) is 85.0 Å². The summed E-state index contributed by atoms with van der Waals surface area (Å²) in [7, 11) is 0. The number of ether oxygens (including phenoxy) is 3. The second-order valence-electron chi connectivity index (χ2n) is 11.8. The Balaban J connectivity index is 1.31. The Morgan fingerprint density at radius 3 is 2.60 bits per heavy atom. The van der Waals surface area contributed by atoms with E-state index in [1.807, 2.05) is 0 Å². The standard InChI is InChI=1S/C25H36O5/c1-14(26)28-16-6-9-23(2)15(12-16)4-5-20-19(23)7-10-24(3)18-8-11-25(20,24)30-22-17(18)13-21(27)29-22/h15-20,22H,4-13H2,1-3H3. The van der Waals surface area contributed by atoms with Crippen molar-refractivity contribution in [3.63, 3.8) is 0 Å². The Morgan fingerprint density at radius 2 is 1.80 bits per heavy atom. The third-order valence-electron chi connectivity index (χ3n) is 11.0. The van der Waals surface area contributed by atoms with Crippen LogP contribution in [0.4, 0.5) is 0 Å². The van der Waals surface area contributed by atoms with Gasteiger partial charge in [-0.05, 0) is 86.9 Å². The van der Waals surface area contributed by atoms with Gasteiger partial charge in [-0.2, -0.15) is 0 Å². The summed E-state index contributed by atoms with van der Waals surface area (Å²) >= 11 is 0. The van der Waals surface area contributed by atoms with Crippen LogP contribution in [0.5, 0.6) is 0 Å². The van der Waals surface area contributed by atoms with E-state index in [1.54, 1.807) is 0 Å². The van der Waals surface area contributed by atoms with Crippen molar-refractivity contribution in [1.82, 2.24) is 0 Å². The molecule has 2 bridgehead atoms. The molecule has 0 radical (unpaired) electrons. The van der Waals surface area contributed by atoms with Crippen LogP contribution in [-0.2, 0) is 23.8 Å². The molecule has 10 unspecified atom stereocenters. The number of hydrogen-bond donors (Lipinski definition) is 0. The second kappa shape index (κ2) is 6.24. The molecule has 0 spiro atoms. The van der Waals surface area contributed by atoms with Gasteiger partial charge in [-0.3, -0.25) is 9.59 Å². The van der Waals surface area contributed by atoms with Gasteiger partial charge in [-0.25, -0.2) is 0 Å². The molecule has 0 aromatic carbocycles. The first-order chi connectivity index (χ1) is 14.3. The van der Waals surface area contributed by atoms with Gasteiger partial charge in [0.1, 0.15) is 6.10 Å². The molecule has 2 heterocycles. The normalized spacial score (nSPS) is 56.2. The van der Waals surface area contributed by atoms with Crippen LogP contribution in [0.15, 0.2) is 0 Å². The molecule has 166 valence electrons. The summed E-state index contributed by atoms with van der Waals surface area (Å²) in [5.41, 5.74) is 0.370. The molecule has 0 N–H and O–H groups in total. The number of carbonyl (C=O) groups excluding carboxylic acids is 2. The van der Waals surface area contributed by atoms with Crippen LogP contribution in [0.3, 0.4) is 0 Å². The fraction of sp³-hybridized carbons (Fsp3) is 0.920. The molecule has 4 saturated carbocycles. The third-order valence-corrected chi connectivity index (χ3v) is 11.0. The summed E-state index contributed by atoms with van der Waals surface area (Å²) in [6, 6.07) is 0. The van der Waals surface area contributed by atoms with Gasteiger partial charge in [0.2, 0.25) is 6.29 Å². The van der Waals surface area contributed by atoms with Crippen LogP contribution in [0, 0.1) is 40.4 Å². The number of rotatable bonds is 1. The Hall–Kier alpha value is -1.10. The highest BCUT2D eigenvalue weighted by atomic mass is 16.7. The third kappa shape index (κ3) is 2.34. The first-order valence-electron chi connectivity index (χ1n) is 12.3. The highest BCUT2D eigenvalue weighted by molar-refractivity contribution is 5.72. The van der Waals surface area contributed by atoms with Crippen molar-refractivity contribution < 1.29 is 23.8 Å². The monoisotopic (exact) mass is 416 g/mol. The topological polar surface area (TPSA) is 61.8 Å². The van der Waals surface area contributed by atoms with Crippen LogP contribution in [-0.4, -0.2) is 29.9 Å². The molecule has 4 aliphatic carbocycles. The maximum atomic E-state index is 12.1. The Kier molecular flexibility index (Phi) is 4.07. The Labute approximate surface area is 179 Å². The van der Waals surface area contributed by atoms with Gasteiger partial charge in [0.15, 0.2) is 0 Å². The first kappa shape index (κ1) is 19.6. The summed E-state index contributed by atoms with van der Waals surface area (Å²) in [4.78, 5) is 23.6. The predicted molar refractivity (Wildman–Crippen MR) is 109 cm³/mol. The minimum absolute atomic E-state index is 0.0645. The smallest absolute Gasteiger partial charge is 0.308 e. The van der Waals surface area contributed by atoms with Gasteiger partial charge in [-0.15, -0.1) is 0 Å². The van der Waals surface area contributed by atoms with E-state index in [-0.39, 0.29) is 41.3 Å². The fourth-order valence-corrected chi connectivity index (χ4v) is 9.71. The van der Waals surface area contributed by atoms with Crippen molar-refractivity contribution in [3.8, 4) is 0 Å². The van der Waals surface area contributed by atoms with Gasteiger partial charge in [0, 0.05) is 18.3 Å². The summed E-state index contributed by atoms with van der Waals surface area (Å²) < 4.78 is 18.2. The zero-order valence-electron chi connectivity index (χ0n) is 18.7. The summed E-state index contributed by atoms with van der Waals surface area (Å²) in [5, 5.41) is 0. The van der Waals surface area contributed by atoms with Crippen LogP contribution in [0.2, 0.25) is 0 Å². The van der Waals surface area contributed by atoms with Crippen LogP contribution in [0.25, 0.3) is 0 Å². The van der Waals surface area contributed by atoms with E-state index in [2.05, 4.69) is 13.8 Å². The van der Waals surface area contributed by atoms with Crippen molar-refractivity contribution in [3.05, 3.63) is 0 Å². The molecule has 5 nitrogen and oxygen atoms in total. The molecule has 6 aliphatic rings. The fourth-order valence-electron chi connectivity index (χ4n) is 9.71. The largest absolute Gasteiger partial charge is 0.463 e. The van der Waals surface area contributed by atoms with Gasteiger partial charge < -0.3 is 14.2 Å². The molecular formula is C25H36O5. The lowest BCUT2D eigenvalue weighted by Crippen LogP contribution is -2.67. The van der Waals surface area contributed by atoms with E-state index in [9.17, 15) is 9.59 Å². The van der Waals surface area contributed by atoms with E-state index in [0.29, 0.717) is 35.5 Å². The maximum absolute atomic E-state index is 12.1. The molecule has 6 fully saturated rings. The molecule has 2 aliphatic heterocycles. The molecule has 10 atom stereocenters. The van der Waals surface area contributed by atoms with Crippen LogP contribution >= 0.6 is 0 Å². The lowest BCUT2D eigenvalue weighted by atomic mass is 9.42. The lowest BCUT2D eigenvalue weighted by Gasteiger charge is -2.66. The molecule has 2 saturated heterocycles. The van der Waals surface area contributed by atoms with Gasteiger partial charge >= 0.3 is 11.9 Å². The zero-order valence-corrected chi connectivity index (χ0v) is 18.7. The average Bonchev–Trinajstić information content (AvgIpc) is 3.13. The summed E-state index contributed by atoms with van der Waals surface area (Å²) in [6.07, 6.45) is 10.7. The van der Waals surface area contributed by atoms with E-state index in [0.717, 1.165) is 25.7 Å². The molecule has 0 aromatic rings. The summed E-state index contributed by atoms with van der Waals surface area (Å²) in [6.45, 7) is 6.53. The van der Waals surface area contributed by atoms with Crippen molar-refractivity contribution in [2.75, 3.05) is 0 Å². The molecular weight excluding hydrogens is 380 g/mol. The molecule has 0 aromatic heterocycles. The number of fused-ring (bicyclic) bond motifs is 5. The minimum atomic E-state index is -0.304. The minimum Gasteiger partial charge on any atom is -0.463 e. The second-order valence-corrected chi connectivity index (χ2v) is 11.8. The van der Waals surface area contributed by atoms with E-state index < -0.39 is 0 Å². The SMILES string of the molecule is CC(=O)OC1CCC2(C)C(CCC3C2CCC2(C)C4CCC32OC2OC(=O)CC24)C1. The van der Waals surface area contributed by atoms with Crippen molar-refractivity contribution in [1.29, 1.82) is 0 Å². The number of carbonyl (C=O) groups is 2. The van der Waals surface area contributed by atoms with Crippen molar-refractivity contribution >= 4 is 11.9 Å². The van der Waals surface area contributed by atoms with Gasteiger partial charge in [0.05, 0.1) is 12.0 Å². The van der Waals surface area contributed by atoms with E-state index in [1.165, 1.54) is 39.0 Å². The lowest BCUT2D eigenvalue weighted by molar-refractivity contribution is -0.322. The zero-order chi connectivity index (χ0) is 20.9. The van der Waals surface area contributed by atoms with Gasteiger partial charge in [-0.1, -0.05) is 13.8 Å². The maximum Gasteiger partial charge on any atom is 0.308 e. The van der Waals surface area contributed by atoms with Crippen molar-refractivity contribution in [2.45, 2.75) is 103 Å². The average molecular weight is 417 g/mol. The number of hydrogen-bond acceptors (Lipinski definition) is 5. The first-order valence-corrected chi connectivity index (χ1v) is 12.3. The Morgan fingerprint density at radius 1 is 1.00 bits per heavy atom. The number of esters is 2. The Bertz CT molecular complexity index is 780. The van der Waals surface area contributed by atoms with E-state index in [4.69, 9.17) is 14.2 Å². The van der Waals surface area contributed by atoms with E-state index >= 15 is 0 Å².